The monoisotopic (exact) mass is 320 g/mol. The third kappa shape index (κ3) is 2.32. The molecule has 3 aromatic heterocycles. The van der Waals surface area contributed by atoms with Crippen molar-refractivity contribution in [2.75, 3.05) is 0 Å². The summed E-state index contributed by atoms with van der Waals surface area (Å²) in [6, 6.07) is 9.64. The molecule has 3 heterocycles. The van der Waals surface area contributed by atoms with Gasteiger partial charge in [0.25, 0.3) is 5.56 Å². The van der Waals surface area contributed by atoms with Crippen molar-refractivity contribution in [3.05, 3.63) is 76.3 Å². The number of aromatic nitrogens is 4. The summed E-state index contributed by atoms with van der Waals surface area (Å²) in [5, 5.41) is 4.07. The Balaban J connectivity index is 1.74. The lowest BCUT2D eigenvalue weighted by Crippen LogP contribution is -2.22. The van der Waals surface area contributed by atoms with Gasteiger partial charge in [-0.05, 0) is 31.5 Å². The first-order valence-corrected chi connectivity index (χ1v) is 7.68. The van der Waals surface area contributed by atoms with E-state index in [-0.39, 0.29) is 5.56 Å². The van der Waals surface area contributed by atoms with Crippen molar-refractivity contribution in [2.24, 2.45) is 0 Å². The van der Waals surface area contributed by atoms with Gasteiger partial charge in [-0.1, -0.05) is 18.2 Å². The fourth-order valence-electron chi connectivity index (χ4n) is 2.75. The lowest BCUT2D eigenvalue weighted by molar-refractivity contribution is 0.537. The molecule has 0 aliphatic rings. The maximum atomic E-state index is 12.5. The number of rotatable bonds is 3. The van der Waals surface area contributed by atoms with E-state index in [1.165, 1.54) is 0 Å². The number of benzene rings is 1. The Kier molecular flexibility index (Phi) is 3.30. The van der Waals surface area contributed by atoms with Gasteiger partial charge in [0.2, 0.25) is 5.89 Å². The van der Waals surface area contributed by atoms with Gasteiger partial charge in [0.05, 0.1) is 12.7 Å². The van der Waals surface area contributed by atoms with Crippen LogP contribution in [0.1, 0.15) is 17.0 Å². The van der Waals surface area contributed by atoms with E-state index >= 15 is 0 Å². The lowest BCUT2D eigenvalue weighted by atomic mass is 10.1. The molecule has 0 saturated carbocycles. The van der Waals surface area contributed by atoms with Gasteiger partial charge in [0.1, 0.15) is 17.0 Å². The molecule has 6 heteroatoms. The van der Waals surface area contributed by atoms with E-state index in [4.69, 9.17) is 4.42 Å². The smallest absolute Gasteiger partial charge is 0.276 e. The second-order valence-corrected chi connectivity index (χ2v) is 5.73. The number of aryl methyl sites for hydroxylation is 2. The molecular formula is C18H16N4O2. The Labute approximate surface area is 138 Å². The van der Waals surface area contributed by atoms with Gasteiger partial charge in [-0.25, -0.2) is 9.50 Å². The van der Waals surface area contributed by atoms with Crippen LogP contribution in [0.5, 0.6) is 0 Å². The number of hydrogen-bond acceptors (Lipinski definition) is 4. The van der Waals surface area contributed by atoms with Crippen molar-refractivity contribution in [2.45, 2.75) is 20.4 Å². The zero-order valence-corrected chi connectivity index (χ0v) is 13.4. The van der Waals surface area contributed by atoms with Crippen LogP contribution < -0.4 is 5.56 Å². The van der Waals surface area contributed by atoms with Gasteiger partial charge >= 0.3 is 0 Å². The SMILES string of the molecule is Cc1ccccc1-c1nc(Cn2ccn3nccc3c2=O)c(C)o1. The third-order valence-electron chi connectivity index (χ3n) is 4.13. The maximum Gasteiger partial charge on any atom is 0.276 e. The first kappa shape index (κ1) is 14.4. The van der Waals surface area contributed by atoms with Crippen LogP contribution in [0, 0.1) is 13.8 Å². The Morgan fingerprint density at radius 3 is 2.79 bits per heavy atom. The normalized spacial score (nSPS) is 11.2. The standard InChI is InChI=1S/C18H16N4O2/c1-12-5-3-4-6-14(12)17-20-15(13(2)24-17)11-21-9-10-22-16(18(21)23)7-8-19-22/h3-10H,11H2,1-2H3. The summed E-state index contributed by atoms with van der Waals surface area (Å²) in [5.41, 5.74) is 3.25. The first-order chi connectivity index (χ1) is 11.6. The molecule has 0 amide bonds. The maximum absolute atomic E-state index is 12.5. The van der Waals surface area contributed by atoms with E-state index in [1.54, 1.807) is 33.7 Å². The minimum absolute atomic E-state index is 0.102. The van der Waals surface area contributed by atoms with Gasteiger partial charge in [-0.15, -0.1) is 0 Å². The topological polar surface area (TPSA) is 65.3 Å². The Bertz CT molecular complexity index is 1090. The van der Waals surface area contributed by atoms with Gasteiger partial charge < -0.3 is 8.98 Å². The molecule has 24 heavy (non-hydrogen) atoms. The average molecular weight is 320 g/mol. The van der Waals surface area contributed by atoms with Gasteiger partial charge in [-0.2, -0.15) is 5.10 Å². The zero-order valence-electron chi connectivity index (χ0n) is 13.4. The van der Waals surface area contributed by atoms with E-state index in [0.717, 1.165) is 16.8 Å². The van der Waals surface area contributed by atoms with Crippen LogP contribution in [0.15, 0.2) is 58.1 Å². The molecule has 0 N–H and O–H groups in total. The number of hydrogen-bond donors (Lipinski definition) is 0. The summed E-state index contributed by atoms with van der Waals surface area (Å²) in [6.45, 7) is 4.25. The fraction of sp³-hybridized carbons (Fsp3) is 0.167. The van der Waals surface area contributed by atoms with Crippen LogP contribution in [0.4, 0.5) is 0 Å². The van der Waals surface area contributed by atoms with Crippen LogP contribution in [0.3, 0.4) is 0 Å². The second kappa shape index (κ2) is 5.49. The van der Waals surface area contributed by atoms with Gasteiger partial charge in [0.15, 0.2) is 0 Å². The Hall–Kier alpha value is -3.15. The van der Waals surface area contributed by atoms with Crippen LogP contribution >= 0.6 is 0 Å². The molecule has 120 valence electrons. The molecule has 0 aliphatic heterocycles. The van der Waals surface area contributed by atoms with Crippen LogP contribution in [0.25, 0.3) is 17.0 Å². The highest BCUT2D eigenvalue weighted by Crippen LogP contribution is 2.24. The zero-order chi connectivity index (χ0) is 16.7. The van der Waals surface area contributed by atoms with Crippen molar-refractivity contribution in [1.29, 1.82) is 0 Å². The minimum Gasteiger partial charge on any atom is -0.441 e. The van der Waals surface area contributed by atoms with E-state index in [2.05, 4.69) is 10.1 Å². The first-order valence-electron chi connectivity index (χ1n) is 7.68. The molecule has 4 rings (SSSR count). The quantitative estimate of drug-likeness (QED) is 0.582. The molecular weight excluding hydrogens is 304 g/mol. The van der Waals surface area contributed by atoms with Crippen LogP contribution in [-0.4, -0.2) is 19.2 Å². The largest absolute Gasteiger partial charge is 0.441 e. The molecule has 4 aromatic rings. The molecule has 0 unspecified atom stereocenters. The summed E-state index contributed by atoms with van der Waals surface area (Å²) >= 11 is 0. The summed E-state index contributed by atoms with van der Waals surface area (Å²) < 4.78 is 9.00. The molecule has 0 bridgehead atoms. The fourth-order valence-corrected chi connectivity index (χ4v) is 2.75. The van der Waals surface area contributed by atoms with Crippen molar-refractivity contribution in [3.63, 3.8) is 0 Å². The summed E-state index contributed by atoms with van der Waals surface area (Å²) in [4.78, 5) is 17.1. The van der Waals surface area contributed by atoms with Crippen molar-refractivity contribution < 1.29 is 4.42 Å². The summed E-state index contributed by atoms with van der Waals surface area (Å²) in [6.07, 6.45) is 5.08. The van der Waals surface area contributed by atoms with Crippen molar-refractivity contribution in [3.8, 4) is 11.5 Å². The van der Waals surface area contributed by atoms with E-state index < -0.39 is 0 Å². The van der Waals surface area contributed by atoms with E-state index in [1.807, 2.05) is 38.1 Å². The van der Waals surface area contributed by atoms with E-state index in [9.17, 15) is 4.79 Å². The van der Waals surface area contributed by atoms with Crippen molar-refractivity contribution >= 4 is 5.52 Å². The van der Waals surface area contributed by atoms with Gasteiger partial charge in [0, 0.05) is 18.0 Å². The number of fused-ring (bicyclic) bond motifs is 1. The molecule has 0 spiro atoms. The Morgan fingerprint density at radius 1 is 1.12 bits per heavy atom. The van der Waals surface area contributed by atoms with Crippen LogP contribution in [-0.2, 0) is 6.54 Å². The number of oxazole rings is 1. The molecule has 0 aliphatic carbocycles. The second-order valence-electron chi connectivity index (χ2n) is 5.73. The molecule has 0 atom stereocenters. The Morgan fingerprint density at radius 2 is 1.96 bits per heavy atom. The highest BCUT2D eigenvalue weighted by Gasteiger charge is 2.14. The minimum atomic E-state index is -0.102. The van der Waals surface area contributed by atoms with Crippen LogP contribution in [0.2, 0.25) is 0 Å². The molecule has 1 aromatic carbocycles. The lowest BCUT2D eigenvalue weighted by Gasteiger charge is -2.04. The highest BCUT2D eigenvalue weighted by atomic mass is 16.4. The molecule has 6 nitrogen and oxygen atoms in total. The van der Waals surface area contributed by atoms with Crippen molar-refractivity contribution in [1.82, 2.24) is 19.2 Å². The average Bonchev–Trinajstić information content (AvgIpc) is 3.18. The summed E-state index contributed by atoms with van der Waals surface area (Å²) in [7, 11) is 0. The predicted molar refractivity (Wildman–Crippen MR) is 90.0 cm³/mol. The third-order valence-corrected chi connectivity index (χ3v) is 4.13. The van der Waals surface area contributed by atoms with E-state index in [0.29, 0.717) is 23.7 Å². The predicted octanol–water partition coefficient (Wildman–Crippen LogP) is 2.82. The highest BCUT2D eigenvalue weighted by molar-refractivity contribution is 5.58. The molecule has 0 radical (unpaired) electrons. The summed E-state index contributed by atoms with van der Waals surface area (Å²) in [5.74, 6) is 1.30. The molecule has 0 saturated heterocycles. The molecule has 0 fully saturated rings. The number of nitrogens with zero attached hydrogens (tertiary/aromatic N) is 4. The van der Waals surface area contributed by atoms with Gasteiger partial charge in [-0.3, -0.25) is 4.79 Å².